The summed E-state index contributed by atoms with van der Waals surface area (Å²) in [6, 6.07) is 0.116. The predicted octanol–water partition coefficient (Wildman–Crippen LogP) is 2.48. The highest BCUT2D eigenvalue weighted by Gasteiger charge is 2.17. The van der Waals surface area contributed by atoms with Crippen LogP contribution in [0.1, 0.15) is 47.0 Å². The lowest BCUT2D eigenvalue weighted by Gasteiger charge is -2.26. The Hall–Kier alpha value is -0.370. The summed E-state index contributed by atoms with van der Waals surface area (Å²) in [5.74, 6) is 0.363. The summed E-state index contributed by atoms with van der Waals surface area (Å²) < 4.78 is 0. The molecular weight excluding hydrogens is 162 g/mol. The van der Waals surface area contributed by atoms with Crippen LogP contribution in [0.2, 0.25) is 0 Å². The Morgan fingerprint density at radius 3 is 1.92 bits per heavy atom. The molecule has 0 aromatic rings. The van der Waals surface area contributed by atoms with E-state index in [-0.39, 0.29) is 6.04 Å². The quantitative estimate of drug-likeness (QED) is 0.607. The molecule has 0 aromatic heterocycles. The molecule has 0 aliphatic heterocycles. The molecule has 2 nitrogen and oxygen atoms in total. The summed E-state index contributed by atoms with van der Waals surface area (Å²) in [5, 5.41) is 0. The Kier molecular flexibility index (Phi) is 6.87. The zero-order valence-corrected chi connectivity index (χ0v) is 9.47. The first-order valence-corrected chi connectivity index (χ1v) is 5.44. The molecule has 1 atom stereocenters. The van der Waals surface area contributed by atoms with Crippen LogP contribution in [0.3, 0.4) is 0 Å². The molecule has 0 saturated heterocycles. The van der Waals surface area contributed by atoms with Crippen molar-refractivity contribution in [1.82, 2.24) is 4.90 Å². The van der Waals surface area contributed by atoms with E-state index in [1.807, 2.05) is 13.8 Å². The second kappa shape index (κ2) is 7.07. The molecule has 0 radical (unpaired) electrons. The van der Waals surface area contributed by atoms with E-state index in [0.717, 1.165) is 25.9 Å². The molecular formula is C11H23NO. The van der Waals surface area contributed by atoms with Gasteiger partial charge in [0.15, 0.2) is 0 Å². The van der Waals surface area contributed by atoms with Gasteiger partial charge in [0.25, 0.3) is 0 Å². The monoisotopic (exact) mass is 185 g/mol. The summed E-state index contributed by atoms with van der Waals surface area (Å²) in [7, 11) is 0. The van der Waals surface area contributed by atoms with Crippen molar-refractivity contribution in [2.45, 2.75) is 53.0 Å². The Bertz CT molecular complexity index is 139. The van der Waals surface area contributed by atoms with Crippen LogP contribution >= 0.6 is 0 Å². The fourth-order valence-electron chi connectivity index (χ4n) is 1.57. The smallest absolute Gasteiger partial charge is 0.149 e. The van der Waals surface area contributed by atoms with E-state index in [1.54, 1.807) is 0 Å². The Labute approximate surface area is 82.3 Å². The van der Waals surface area contributed by atoms with Gasteiger partial charge in [-0.1, -0.05) is 20.8 Å². The zero-order valence-electron chi connectivity index (χ0n) is 9.47. The fourth-order valence-corrected chi connectivity index (χ4v) is 1.57. The first-order chi connectivity index (χ1) is 6.17. The van der Waals surface area contributed by atoms with E-state index in [9.17, 15) is 4.79 Å². The van der Waals surface area contributed by atoms with Crippen molar-refractivity contribution in [1.29, 1.82) is 0 Å². The summed E-state index contributed by atoms with van der Waals surface area (Å²) in [5.41, 5.74) is 0. The van der Waals surface area contributed by atoms with Crippen molar-refractivity contribution >= 4 is 5.78 Å². The van der Waals surface area contributed by atoms with Crippen LogP contribution in [0.25, 0.3) is 0 Å². The standard InChI is InChI=1S/C11H23NO/c1-5-8-12(9-6-2)10(4)11(13)7-3/h10H,5-9H2,1-4H3. The lowest BCUT2D eigenvalue weighted by atomic mass is 10.1. The Morgan fingerprint density at radius 2 is 1.62 bits per heavy atom. The molecule has 0 spiro atoms. The van der Waals surface area contributed by atoms with Crippen LogP contribution in [0.15, 0.2) is 0 Å². The summed E-state index contributed by atoms with van der Waals surface area (Å²) in [6.45, 7) is 10.4. The number of hydrogen-bond acceptors (Lipinski definition) is 2. The summed E-state index contributed by atoms with van der Waals surface area (Å²) in [6.07, 6.45) is 2.91. The highest BCUT2D eigenvalue weighted by atomic mass is 16.1. The molecule has 13 heavy (non-hydrogen) atoms. The van der Waals surface area contributed by atoms with Gasteiger partial charge in [-0.15, -0.1) is 0 Å². The summed E-state index contributed by atoms with van der Waals surface area (Å²) >= 11 is 0. The molecule has 0 fully saturated rings. The highest BCUT2D eigenvalue weighted by Crippen LogP contribution is 2.04. The maximum atomic E-state index is 11.5. The predicted molar refractivity (Wildman–Crippen MR) is 56.9 cm³/mol. The normalized spacial score (nSPS) is 13.3. The number of ketones is 1. The lowest BCUT2D eigenvalue weighted by molar-refractivity contribution is -0.123. The van der Waals surface area contributed by atoms with E-state index in [1.165, 1.54) is 0 Å². The van der Waals surface area contributed by atoms with Gasteiger partial charge in [-0.25, -0.2) is 0 Å². The average Bonchev–Trinajstić information content (AvgIpc) is 2.15. The Balaban J connectivity index is 4.08. The fraction of sp³-hybridized carbons (Fsp3) is 0.909. The van der Waals surface area contributed by atoms with Gasteiger partial charge in [-0.3, -0.25) is 9.69 Å². The second-order valence-electron chi connectivity index (χ2n) is 3.53. The molecule has 0 bridgehead atoms. The first-order valence-electron chi connectivity index (χ1n) is 5.44. The molecule has 0 aliphatic rings. The number of carbonyl (C=O) groups is 1. The van der Waals surface area contributed by atoms with Crippen molar-refractivity contribution in [3.05, 3.63) is 0 Å². The summed E-state index contributed by atoms with van der Waals surface area (Å²) in [4.78, 5) is 13.7. The van der Waals surface area contributed by atoms with E-state index < -0.39 is 0 Å². The molecule has 0 aliphatic carbocycles. The number of nitrogens with zero attached hydrogens (tertiary/aromatic N) is 1. The van der Waals surface area contributed by atoms with Gasteiger partial charge in [0.2, 0.25) is 0 Å². The van der Waals surface area contributed by atoms with Crippen LogP contribution in [0.5, 0.6) is 0 Å². The van der Waals surface area contributed by atoms with Gasteiger partial charge in [0.1, 0.15) is 5.78 Å². The van der Waals surface area contributed by atoms with Crippen LogP contribution in [0.4, 0.5) is 0 Å². The van der Waals surface area contributed by atoms with E-state index in [0.29, 0.717) is 12.2 Å². The molecule has 0 N–H and O–H groups in total. The highest BCUT2D eigenvalue weighted by molar-refractivity contribution is 5.83. The molecule has 0 saturated carbocycles. The molecule has 78 valence electrons. The Morgan fingerprint density at radius 1 is 1.15 bits per heavy atom. The minimum absolute atomic E-state index is 0.116. The van der Waals surface area contributed by atoms with Gasteiger partial charge in [-0.2, -0.15) is 0 Å². The maximum absolute atomic E-state index is 11.5. The number of hydrogen-bond donors (Lipinski definition) is 0. The zero-order chi connectivity index (χ0) is 10.3. The average molecular weight is 185 g/mol. The van der Waals surface area contributed by atoms with E-state index in [2.05, 4.69) is 18.7 Å². The third kappa shape index (κ3) is 4.41. The van der Waals surface area contributed by atoms with Crippen LogP contribution < -0.4 is 0 Å². The molecule has 0 rings (SSSR count). The first kappa shape index (κ1) is 12.6. The molecule has 0 amide bonds. The van der Waals surface area contributed by atoms with E-state index >= 15 is 0 Å². The minimum Gasteiger partial charge on any atom is -0.298 e. The maximum Gasteiger partial charge on any atom is 0.149 e. The van der Waals surface area contributed by atoms with Crippen molar-refractivity contribution in [2.75, 3.05) is 13.1 Å². The lowest BCUT2D eigenvalue weighted by Crippen LogP contribution is -2.39. The van der Waals surface area contributed by atoms with Gasteiger partial charge in [0, 0.05) is 6.42 Å². The van der Waals surface area contributed by atoms with Crippen LogP contribution in [-0.2, 0) is 4.79 Å². The molecule has 0 aromatic carbocycles. The molecule has 2 heteroatoms. The van der Waals surface area contributed by atoms with Gasteiger partial charge in [0.05, 0.1) is 6.04 Å². The van der Waals surface area contributed by atoms with E-state index in [4.69, 9.17) is 0 Å². The third-order valence-electron chi connectivity index (χ3n) is 2.38. The van der Waals surface area contributed by atoms with Crippen molar-refractivity contribution in [3.8, 4) is 0 Å². The van der Waals surface area contributed by atoms with Crippen molar-refractivity contribution in [3.63, 3.8) is 0 Å². The SMILES string of the molecule is CCCN(CCC)C(C)C(=O)CC. The number of carbonyl (C=O) groups excluding carboxylic acids is 1. The van der Waals surface area contributed by atoms with Gasteiger partial charge >= 0.3 is 0 Å². The van der Waals surface area contributed by atoms with Crippen molar-refractivity contribution < 1.29 is 4.79 Å². The second-order valence-corrected chi connectivity index (χ2v) is 3.53. The minimum atomic E-state index is 0.116. The third-order valence-corrected chi connectivity index (χ3v) is 2.38. The van der Waals surface area contributed by atoms with Gasteiger partial charge in [-0.05, 0) is 32.9 Å². The van der Waals surface area contributed by atoms with Crippen molar-refractivity contribution in [2.24, 2.45) is 0 Å². The number of rotatable bonds is 7. The molecule has 1 unspecified atom stereocenters. The molecule has 0 heterocycles. The van der Waals surface area contributed by atoms with Crippen LogP contribution in [0, 0.1) is 0 Å². The van der Waals surface area contributed by atoms with Crippen LogP contribution in [-0.4, -0.2) is 29.8 Å². The topological polar surface area (TPSA) is 20.3 Å². The number of Topliss-reactive ketones (excluding diaryl/α,β-unsaturated/α-hetero) is 1. The largest absolute Gasteiger partial charge is 0.298 e. The van der Waals surface area contributed by atoms with Gasteiger partial charge < -0.3 is 0 Å².